The van der Waals surface area contributed by atoms with E-state index < -0.39 is 5.92 Å². The van der Waals surface area contributed by atoms with Crippen molar-refractivity contribution >= 4 is 33.4 Å². The summed E-state index contributed by atoms with van der Waals surface area (Å²) in [4.78, 5) is 30.8. The van der Waals surface area contributed by atoms with E-state index >= 15 is 0 Å². The standard InChI is InChI=1S/C24H24BrN3O2/c1-14-20(23(30)28-19-6-4-5-11-26-19)21(15-7-9-16(25)10-8-15)22-17(27-14)12-24(2,3)13-18(22)29/h4-11,21,27H,12-13H2,1-3H3,(H,26,28,30)/t21-/m1/s1. The molecule has 6 heteroatoms. The lowest BCUT2D eigenvalue weighted by molar-refractivity contribution is -0.118. The van der Waals surface area contributed by atoms with E-state index in [0.29, 0.717) is 23.4 Å². The van der Waals surface area contributed by atoms with Gasteiger partial charge in [0, 0.05) is 45.5 Å². The number of benzene rings is 1. The highest BCUT2D eigenvalue weighted by atomic mass is 79.9. The summed E-state index contributed by atoms with van der Waals surface area (Å²) in [6, 6.07) is 13.2. The molecule has 1 aromatic heterocycles. The molecule has 1 atom stereocenters. The number of amides is 1. The molecule has 2 aliphatic rings. The fraction of sp³-hybridized carbons (Fsp3) is 0.292. The first-order chi connectivity index (χ1) is 14.2. The Hall–Kier alpha value is -2.73. The van der Waals surface area contributed by atoms with Crippen LogP contribution in [0.25, 0.3) is 0 Å². The highest BCUT2D eigenvalue weighted by Gasteiger charge is 2.42. The van der Waals surface area contributed by atoms with Gasteiger partial charge in [0.25, 0.3) is 5.91 Å². The Morgan fingerprint density at radius 1 is 1.17 bits per heavy atom. The lowest BCUT2D eigenvalue weighted by Gasteiger charge is -2.39. The molecule has 0 saturated carbocycles. The van der Waals surface area contributed by atoms with Crippen LogP contribution in [0.5, 0.6) is 0 Å². The predicted octanol–water partition coefficient (Wildman–Crippen LogP) is 5.09. The van der Waals surface area contributed by atoms with Crippen LogP contribution in [0.3, 0.4) is 0 Å². The number of carbonyl (C=O) groups is 2. The Balaban J connectivity index is 1.81. The van der Waals surface area contributed by atoms with Crippen molar-refractivity contribution in [2.45, 2.75) is 39.5 Å². The Morgan fingerprint density at radius 2 is 1.90 bits per heavy atom. The minimum absolute atomic E-state index is 0.0947. The Morgan fingerprint density at radius 3 is 2.57 bits per heavy atom. The summed E-state index contributed by atoms with van der Waals surface area (Å²) in [5, 5.41) is 6.27. The zero-order chi connectivity index (χ0) is 21.5. The second-order valence-corrected chi connectivity index (χ2v) is 9.57. The first-order valence-corrected chi connectivity index (χ1v) is 10.8. The number of pyridine rings is 1. The summed E-state index contributed by atoms with van der Waals surface area (Å²) in [6.45, 7) is 6.11. The molecule has 1 aromatic carbocycles. The second-order valence-electron chi connectivity index (χ2n) is 8.65. The van der Waals surface area contributed by atoms with Crippen LogP contribution in [0.1, 0.15) is 45.1 Å². The molecule has 1 amide bonds. The number of rotatable bonds is 3. The van der Waals surface area contributed by atoms with Gasteiger partial charge in [-0.2, -0.15) is 0 Å². The molecule has 2 aromatic rings. The first-order valence-electron chi connectivity index (χ1n) is 9.97. The third kappa shape index (κ3) is 3.97. The quantitative estimate of drug-likeness (QED) is 0.662. The molecule has 1 aliphatic heterocycles. The van der Waals surface area contributed by atoms with Crippen LogP contribution < -0.4 is 10.6 Å². The van der Waals surface area contributed by atoms with Gasteiger partial charge in [-0.25, -0.2) is 4.98 Å². The van der Waals surface area contributed by atoms with Crippen molar-refractivity contribution in [1.29, 1.82) is 0 Å². The molecule has 0 unspecified atom stereocenters. The van der Waals surface area contributed by atoms with Gasteiger partial charge in [-0.3, -0.25) is 9.59 Å². The monoisotopic (exact) mass is 465 g/mol. The molecule has 1 aliphatic carbocycles. The number of nitrogens with one attached hydrogen (secondary N) is 2. The van der Waals surface area contributed by atoms with Crippen LogP contribution in [-0.2, 0) is 9.59 Å². The number of allylic oxidation sites excluding steroid dienone is 3. The SMILES string of the molecule is CC1=C(C(=O)Nc2ccccn2)[C@@H](c2ccc(Br)cc2)C2=C(CC(C)(C)CC2=O)N1. The third-order valence-electron chi connectivity index (χ3n) is 5.59. The lowest BCUT2D eigenvalue weighted by atomic mass is 9.68. The van der Waals surface area contributed by atoms with Crippen molar-refractivity contribution in [2.24, 2.45) is 5.41 Å². The Bertz CT molecular complexity index is 1070. The topological polar surface area (TPSA) is 71.1 Å². The molecule has 0 saturated heterocycles. The van der Waals surface area contributed by atoms with E-state index in [0.717, 1.165) is 27.9 Å². The number of carbonyl (C=O) groups excluding carboxylic acids is 2. The van der Waals surface area contributed by atoms with Gasteiger partial charge in [0.15, 0.2) is 5.78 Å². The molecule has 0 spiro atoms. The van der Waals surface area contributed by atoms with Crippen molar-refractivity contribution in [3.05, 3.63) is 81.2 Å². The van der Waals surface area contributed by atoms with Gasteiger partial charge in [0.1, 0.15) is 5.82 Å². The minimum atomic E-state index is -0.415. The van der Waals surface area contributed by atoms with E-state index in [1.54, 1.807) is 18.3 Å². The molecule has 2 N–H and O–H groups in total. The summed E-state index contributed by atoms with van der Waals surface area (Å²) in [7, 11) is 0. The van der Waals surface area contributed by atoms with Gasteiger partial charge < -0.3 is 10.6 Å². The summed E-state index contributed by atoms with van der Waals surface area (Å²) in [6.07, 6.45) is 2.87. The molecule has 30 heavy (non-hydrogen) atoms. The van der Waals surface area contributed by atoms with Gasteiger partial charge in [-0.15, -0.1) is 0 Å². The summed E-state index contributed by atoms with van der Waals surface area (Å²) >= 11 is 3.47. The minimum Gasteiger partial charge on any atom is -0.362 e. The molecule has 0 radical (unpaired) electrons. The predicted molar refractivity (Wildman–Crippen MR) is 121 cm³/mol. The van der Waals surface area contributed by atoms with E-state index in [1.165, 1.54) is 0 Å². The summed E-state index contributed by atoms with van der Waals surface area (Å²) < 4.78 is 0.950. The van der Waals surface area contributed by atoms with Crippen LogP contribution >= 0.6 is 15.9 Å². The van der Waals surface area contributed by atoms with Crippen LogP contribution in [0.4, 0.5) is 5.82 Å². The van der Waals surface area contributed by atoms with E-state index in [1.807, 2.05) is 37.3 Å². The molecule has 5 nitrogen and oxygen atoms in total. The van der Waals surface area contributed by atoms with Gasteiger partial charge in [-0.05, 0) is 48.6 Å². The average molecular weight is 466 g/mol. The molecule has 0 fully saturated rings. The molecule has 2 heterocycles. The molecule has 0 bridgehead atoms. The van der Waals surface area contributed by atoms with Crippen molar-refractivity contribution in [1.82, 2.24) is 10.3 Å². The Labute approximate surface area is 184 Å². The molecular formula is C24H24BrN3O2. The second kappa shape index (κ2) is 7.84. The number of anilines is 1. The van der Waals surface area contributed by atoms with Gasteiger partial charge in [-0.1, -0.05) is 48.0 Å². The number of halogens is 1. The number of ketones is 1. The number of nitrogens with zero attached hydrogens (tertiary/aromatic N) is 1. The average Bonchev–Trinajstić information content (AvgIpc) is 2.67. The Kier molecular flexibility index (Phi) is 5.36. The van der Waals surface area contributed by atoms with E-state index in [9.17, 15) is 9.59 Å². The summed E-state index contributed by atoms with van der Waals surface area (Å²) in [5.41, 5.74) is 3.76. The first kappa shape index (κ1) is 20.5. The largest absolute Gasteiger partial charge is 0.362 e. The van der Waals surface area contributed by atoms with Crippen LogP contribution in [0, 0.1) is 5.41 Å². The van der Waals surface area contributed by atoms with Gasteiger partial charge in [0.2, 0.25) is 0 Å². The fourth-order valence-electron chi connectivity index (χ4n) is 4.35. The maximum absolute atomic E-state index is 13.3. The van der Waals surface area contributed by atoms with E-state index in [4.69, 9.17) is 0 Å². The fourth-order valence-corrected chi connectivity index (χ4v) is 4.61. The normalized spacial score (nSPS) is 20.5. The molecular weight excluding hydrogens is 442 g/mol. The number of hydrogen-bond donors (Lipinski definition) is 2. The van der Waals surface area contributed by atoms with Crippen molar-refractivity contribution in [3.63, 3.8) is 0 Å². The maximum atomic E-state index is 13.3. The number of aromatic nitrogens is 1. The lowest BCUT2D eigenvalue weighted by Crippen LogP contribution is -2.39. The number of Topliss-reactive ketones (excluding diaryl/α,β-unsaturated/α-hetero) is 1. The third-order valence-corrected chi connectivity index (χ3v) is 6.12. The highest BCUT2D eigenvalue weighted by molar-refractivity contribution is 9.10. The van der Waals surface area contributed by atoms with E-state index in [2.05, 4.69) is 45.4 Å². The van der Waals surface area contributed by atoms with Crippen molar-refractivity contribution in [3.8, 4) is 0 Å². The van der Waals surface area contributed by atoms with Crippen LogP contribution in [0.2, 0.25) is 0 Å². The molecule has 4 rings (SSSR count). The zero-order valence-electron chi connectivity index (χ0n) is 17.3. The van der Waals surface area contributed by atoms with Gasteiger partial charge >= 0.3 is 0 Å². The van der Waals surface area contributed by atoms with Crippen molar-refractivity contribution < 1.29 is 9.59 Å². The number of dihydropyridines is 1. The van der Waals surface area contributed by atoms with Gasteiger partial charge in [0.05, 0.1) is 0 Å². The number of hydrogen-bond acceptors (Lipinski definition) is 4. The van der Waals surface area contributed by atoms with Crippen LogP contribution in [-0.4, -0.2) is 16.7 Å². The highest BCUT2D eigenvalue weighted by Crippen LogP contribution is 2.46. The van der Waals surface area contributed by atoms with Crippen molar-refractivity contribution in [2.75, 3.05) is 5.32 Å². The van der Waals surface area contributed by atoms with Crippen LogP contribution in [0.15, 0.2) is 75.7 Å². The maximum Gasteiger partial charge on any atom is 0.255 e. The zero-order valence-corrected chi connectivity index (χ0v) is 18.8. The van der Waals surface area contributed by atoms with E-state index in [-0.39, 0.29) is 17.1 Å². The molecule has 154 valence electrons. The smallest absolute Gasteiger partial charge is 0.255 e. The summed E-state index contributed by atoms with van der Waals surface area (Å²) in [5.74, 6) is -0.0944.